The summed E-state index contributed by atoms with van der Waals surface area (Å²) in [6.07, 6.45) is 0. The Balaban J connectivity index is 0.00000364. The lowest BCUT2D eigenvalue weighted by Crippen LogP contribution is -2.41. The summed E-state index contributed by atoms with van der Waals surface area (Å²) in [4.78, 5) is 16.1. The zero-order valence-corrected chi connectivity index (χ0v) is 16.9. The van der Waals surface area contributed by atoms with Crippen molar-refractivity contribution in [1.29, 1.82) is 0 Å². The summed E-state index contributed by atoms with van der Waals surface area (Å²) in [7, 11) is 0. The van der Waals surface area contributed by atoms with E-state index in [1.807, 2.05) is 6.92 Å². The lowest BCUT2D eigenvalue weighted by molar-refractivity contribution is -0.115. The second-order valence-corrected chi connectivity index (χ2v) is 5.34. The first-order chi connectivity index (χ1) is 12.5. The largest absolute Gasteiger partial charge is 0.357 e. The molecule has 2 aromatic carbocycles. The van der Waals surface area contributed by atoms with E-state index in [1.165, 1.54) is 24.3 Å². The van der Waals surface area contributed by atoms with Crippen molar-refractivity contribution in [3.63, 3.8) is 0 Å². The number of aliphatic imine (C=N–C) groups is 1. The molecule has 0 atom stereocenters. The summed E-state index contributed by atoms with van der Waals surface area (Å²) in [6.45, 7) is 2.17. The van der Waals surface area contributed by atoms with Crippen LogP contribution in [0.15, 0.2) is 47.5 Å². The van der Waals surface area contributed by atoms with E-state index < -0.39 is 17.5 Å². The van der Waals surface area contributed by atoms with Crippen LogP contribution in [0.1, 0.15) is 12.5 Å². The standard InChI is InChI=1S/C18H19F3N4O.HI/c1-2-22-18(23-10-12-9-14(20)5-8-16(12)21)24-11-17(26)25-15-6-3-13(19)4-7-15;/h3-9H,2,10-11H2,1H3,(H,25,26)(H2,22,23,24);1H. The maximum atomic E-state index is 13.6. The molecule has 0 aliphatic rings. The Kier molecular flexibility index (Phi) is 9.62. The number of hydrogen-bond acceptors (Lipinski definition) is 2. The molecule has 9 heteroatoms. The van der Waals surface area contributed by atoms with Gasteiger partial charge in [-0.1, -0.05) is 0 Å². The third-order valence-electron chi connectivity index (χ3n) is 3.30. The number of nitrogens with one attached hydrogen (secondary N) is 3. The highest BCUT2D eigenvalue weighted by Crippen LogP contribution is 2.10. The Hall–Kier alpha value is -2.30. The molecular formula is C18H20F3IN4O. The van der Waals surface area contributed by atoms with Gasteiger partial charge < -0.3 is 16.0 Å². The van der Waals surface area contributed by atoms with Crippen LogP contribution in [0.5, 0.6) is 0 Å². The van der Waals surface area contributed by atoms with E-state index in [-0.39, 0.29) is 54.5 Å². The summed E-state index contributed by atoms with van der Waals surface area (Å²) < 4.78 is 39.6. The van der Waals surface area contributed by atoms with Gasteiger partial charge in [0.15, 0.2) is 5.96 Å². The zero-order chi connectivity index (χ0) is 18.9. The molecule has 0 saturated heterocycles. The van der Waals surface area contributed by atoms with Crippen molar-refractivity contribution < 1.29 is 18.0 Å². The maximum Gasteiger partial charge on any atom is 0.243 e. The number of rotatable bonds is 6. The van der Waals surface area contributed by atoms with Gasteiger partial charge in [-0.3, -0.25) is 4.79 Å². The molecule has 0 aliphatic heterocycles. The maximum absolute atomic E-state index is 13.6. The highest BCUT2D eigenvalue weighted by atomic mass is 127. The molecular weight excluding hydrogens is 472 g/mol. The molecule has 146 valence electrons. The van der Waals surface area contributed by atoms with Crippen LogP contribution in [-0.2, 0) is 11.3 Å². The molecule has 0 aliphatic carbocycles. The van der Waals surface area contributed by atoms with E-state index in [9.17, 15) is 18.0 Å². The van der Waals surface area contributed by atoms with Gasteiger partial charge in [0.05, 0.1) is 13.1 Å². The average Bonchev–Trinajstić information content (AvgIpc) is 2.62. The van der Waals surface area contributed by atoms with Crippen molar-refractivity contribution in [2.24, 2.45) is 4.99 Å². The molecule has 1 amide bonds. The van der Waals surface area contributed by atoms with Gasteiger partial charge in [-0.05, 0) is 49.4 Å². The van der Waals surface area contributed by atoms with Crippen LogP contribution >= 0.6 is 24.0 Å². The highest BCUT2D eigenvalue weighted by Gasteiger charge is 2.07. The number of amides is 1. The smallest absolute Gasteiger partial charge is 0.243 e. The van der Waals surface area contributed by atoms with E-state index in [0.29, 0.717) is 12.2 Å². The van der Waals surface area contributed by atoms with Crippen LogP contribution in [0, 0.1) is 17.5 Å². The van der Waals surface area contributed by atoms with Crippen molar-refractivity contribution in [2.75, 3.05) is 18.4 Å². The SMILES string of the molecule is CCNC(=NCc1cc(F)ccc1F)NCC(=O)Nc1ccc(F)cc1.I. The Labute approximate surface area is 172 Å². The first-order valence-corrected chi connectivity index (χ1v) is 7.99. The van der Waals surface area contributed by atoms with Crippen LogP contribution in [0.3, 0.4) is 0 Å². The number of nitrogens with zero attached hydrogens (tertiary/aromatic N) is 1. The summed E-state index contributed by atoms with van der Waals surface area (Å²) in [5, 5.41) is 8.30. The second kappa shape index (κ2) is 11.4. The predicted octanol–water partition coefficient (Wildman–Crippen LogP) is 3.42. The molecule has 0 aromatic heterocycles. The lowest BCUT2D eigenvalue weighted by Gasteiger charge is -2.12. The Morgan fingerprint density at radius 2 is 1.67 bits per heavy atom. The van der Waals surface area contributed by atoms with Crippen LogP contribution < -0.4 is 16.0 Å². The number of anilines is 1. The van der Waals surface area contributed by atoms with Crippen LogP contribution in [-0.4, -0.2) is 25.0 Å². The Bertz CT molecular complexity index is 785. The number of guanidine groups is 1. The van der Waals surface area contributed by atoms with Gasteiger partial charge in [0.2, 0.25) is 5.91 Å². The predicted molar refractivity (Wildman–Crippen MR) is 110 cm³/mol. The third-order valence-corrected chi connectivity index (χ3v) is 3.30. The van der Waals surface area contributed by atoms with Crippen molar-refractivity contribution in [3.8, 4) is 0 Å². The van der Waals surface area contributed by atoms with E-state index in [2.05, 4.69) is 20.9 Å². The van der Waals surface area contributed by atoms with Gasteiger partial charge in [0.1, 0.15) is 17.5 Å². The van der Waals surface area contributed by atoms with Crippen molar-refractivity contribution in [3.05, 3.63) is 65.5 Å². The third kappa shape index (κ3) is 7.85. The van der Waals surface area contributed by atoms with Crippen LogP contribution in [0.2, 0.25) is 0 Å². The Morgan fingerprint density at radius 1 is 1.00 bits per heavy atom. The summed E-state index contributed by atoms with van der Waals surface area (Å²) in [5.74, 6) is -1.58. The van der Waals surface area contributed by atoms with Gasteiger partial charge in [0.25, 0.3) is 0 Å². The van der Waals surface area contributed by atoms with Crippen LogP contribution in [0.4, 0.5) is 18.9 Å². The topological polar surface area (TPSA) is 65.5 Å². The second-order valence-electron chi connectivity index (χ2n) is 5.34. The number of carbonyl (C=O) groups excluding carboxylic acids is 1. The monoisotopic (exact) mass is 492 g/mol. The van der Waals surface area contributed by atoms with Gasteiger partial charge in [-0.25, -0.2) is 18.2 Å². The van der Waals surface area contributed by atoms with Crippen molar-refractivity contribution >= 4 is 41.5 Å². The number of carbonyl (C=O) groups is 1. The molecule has 2 aromatic rings. The molecule has 2 rings (SSSR count). The van der Waals surface area contributed by atoms with Gasteiger partial charge >= 0.3 is 0 Å². The fourth-order valence-corrected chi connectivity index (χ4v) is 2.07. The molecule has 5 nitrogen and oxygen atoms in total. The Morgan fingerprint density at radius 3 is 2.33 bits per heavy atom. The average molecular weight is 492 g/mol. The van der Waals surface area contributed by atoms with E-state index >= 15 is 0 Å². The normalized spacial score (nSPS) is 10.7. The fourth-order valence-electron chi connectivity index (χ4n) is 2.07. The molecule has 0 bridgehead atoms. The van der Waals surface area contributed by atoms with E-state index in [1.54, 1.807) is 0 Å². The molecule has 0 radical (unpaired) electrons. The zero-order valence-electron chi connectivity index (χ0n) is 14.6. The summed E-state index contributed by atoms with van der Waals surface area (Å²) in [5.41, 5.74) is 0.569. The van der Waals surface area contributed by atoms with Gasteiger partial charge in [-0.15, -0.1) is 24.0 Å². The van der Waals surface area contributed by atoms with Gasteiger partial charge in [0, 0.05) is 17.8 Å². The van der Waals surface area contributed by atoms with Gasteiger partial charge in [-0.2, -0.15) is 0 Å². The molecule has 0 saturated carbocycles. The lowest BCUT2D eigenvalue weighted by atomic mass is 10.2. The van der Waals surface area contributed by atoms with Crippen molar-refractivity contribution in [1.82, 2.24) is 10.6 Å². The first kappa shape index (κ1) is 22.7. The molecule has 0 heterocycles. The molecule has 27 heavy (non-hydrogen) atoms. The molecule has 3 N–H and O–H groups in total. The number of halogens is 4. The highest BCUT2D eigenvalue weighted by molar-refractivity contribution is 14.0. The first-order valence-electron chi connectivity index (χ1n) is 7.99. The van der Waals surface area contributed by atoms with Crippen molar-refractivity contribution in [2.45, 2.75) is 13.5 Å². The minimum atomic E-state index is -0.556. The number of hydrogen-bond donors (Lipinski definition) is 3. The fraction of sp³-hybridized carbons (Fsp3) is 0.222. The molecule has 0 unspecified atom stereocenters. The minimum Gasteiger partial charge on any atom is -0.357 e. The molecule has 0 spiro atoms. The summed E-state index contributed by atoms with van der Waals surface area (Å²) >= 11 is 0. The minimum absolute atomic E-state index is 0. The number of benzene rings is 2. The quantitative estimate of drug-likeness (QED) is 0.329. The van der Waals surface area contributed by atoms with Crippen LogP contribution in [0.25, 0.3) is 0 Å². The van der Waals surface area contributed by atoms with E-state index in [0.717, 1.165) is 18.2 Å². The van der Waals surface area contributed by atoms with E-state index in [4.69, 9.17) is 0 Å². The molecule has 0 fully saturated rings. The summed E-state index contributed by atoms with van der Waals surface area (Å²) in [6, 6.07) is 8.51.